The minimum atomic E-state index is -0.459. The van der Waals surface area contributed by atoms with Gasteiger partial charge >= 0.3 is 0 Å². The number of ether oxygens (including phenoxy) is 1. The number of hydrogen-bond donors (Lipinski definition) is 3. The van der Waals surface area contributed by atoms with Gasteiger partial charge in [0.1, 0.15) is 5.75 Å². The van der Waals surface area contributed by atoms with E-state index in [0.717, 1.165) is 25.7 Å². The topological polar surface area (TPSA) is 96.5 Å². The molecule has 0 heterocycles. The van der Waals surface area contributed by atoms with Crippen molar-refractivity contribution < 1.29 is 19.1 Å². The average molecular weight is 395 g/mol. The summed E-state index contributed by atoms with van der Waals surface area (Å²) in [6.07, 6.45) is 3.74. The zero-order chi connectivity index (χ0) is 20.6. The second-order valence-electron chi connectivity index (χ2n) is 6.95. The molecule has 0 unspecified atom stereocenters. The molecule has 7 heteroatoms. The largest absolute Gasteiger partial charge is 0.493 e. The molecule has 1 saturated carbocycles. The number of hydrogen-bond acceptors (Lipinski definition) is 4. The van der Waals surface area contributed by atoms with Crippen molar-refractivity contribution in [3.63, 3.8) is 0 Å². The van der Waals surface area contributed by atoms with Crippen LogP contribution in [-0.2, 0) is 4.79 Å². The monoisotopic (exact) mass is 395 g/mol. The summed E-state index contributed by atoms with van der Waals surface area (Å²) in [5.74, 6) is -0.318. The highest BCUT2D eigenvalue weighted by molar-refractivity contribution is 6.01. The van der Waals surface area contributed by atoms with Gasteiger partial charge < -0.3 is 10.1 Å². The van der Waals surface area contributed by atoms with E-state index < -0.39 is 11.8 Å². The molecule has 0 spiro atoms. The van der Waals surface area contributed by atoms with E-state index in [1.807, 2.05) is 0 Å². The SMILES string of the molecule is CCCCOc1ccccc1C(=O)NNC(=O)c1ccc(NC(=O)C2CC2)cc1. The smallest absolute Gasteiger partial charge is 0.273 e. The Morgan fingerprint density at radius 2 is 1.66 bits per heavy atom. The lowest BCUT2D eigenvalue weighted by molar-refractivity contribution is -0.117. The number of nitrogens with one attached hydrogen (secondary N) is 3. The summed E-state index contributed by atoms with van der Waals surface area (Å²) in [5, 5.41) is 2.81. The average Bonchev–Trinajstić information content (AvgIpc) is 3.58. The number of carbonyl (C=O) groups excluding carboxylic acids is 3. The number of carbonyl (C=O) groups is 3. The lowest BCUT2D eigenvalue weighted by Gasteiger charge is -2.12. The molecule has 152 valence electrons. The Labute approximate surface area is 169 Å². The molecule has 29 heavy (non-hydrogen) atoms. The summed E-state index contributed by atoms with van der Waals surface area (Å²) in [5.41, 5.74) is 6.16. The van der Waals surface area contributed by atoms with E-state index >= 15 is 0 Å². The number of unbranched alkanes of at least 4 members (excludes halogenated alkanes) is 1. The van der Waals surface area contributed by atoms with E-state index in [4.69, 9.17) is 4.74 Å². The molecule has 3 rings (SSSR count). The number of anilines is 1. The third kappa shape index (κ3) is 5.81. The predicted octanol–water partition coefficient (Wildman–Crippen LogP) is 3.29. The van der Waals surface area contributed by atoms with Crippen LogP contribution >= 0.6 is 0 Å². The fourth-order valence-corrected chi connectivity index (χ4v) is 2.65. The van der Waals surface area contributed by atoms with Gasteiger partial charge in [0, 0.05) is 17.2 Å². The normalized spacial score (nSPS) is 12.7. The fraction of sp³-hybridized carbons (Fsp3) is 0.318. The molecule has 0 atom stereocenters. The Kier molecular flexibility index (Phi) is 6.84. The molecule has 3 N–H and O–H groups in total. The molecule has 3 amide bonds. The number of benzene rings is 2. The first-order valence-corrected chi connectivity index (χ1v) is 9.82. The number of rotatable bonds is 8. The molecule has 1 aliphatic rings. The Bertz CT molecular complexity index is 876. The van der Waals surface area contributed by atoms with Crippen LogP contribution in [0.2, 0.25) is 0 Å². The minimum Gasteiger partial charge on any atom is -0.493 e. The molecular weight excluding hydrogens is 370 g/mol. The molecule has 2 aromatic rings. The van der Waals surface area contributed by atoms with Crippen molar-refractivity contribution >= 4 is 23.4 Å². The molecule has 7 nitrogen and oxygen atoms in total. The lowest BCUT2D eigenvalue weighted by Crippen LogP contribution is -2.41. The van der Waals surface area contributed by atoms with E-state index in [-0.39, 0.29) is 11.8 Å². The molecule has 1 aliphatic carbocycles. The van der Waals surface area contributed by atoms with Gasteiger partial charge in [0.15, 0.2) is 0 Å². The second kappa shape index (κ2) is 9.73. The summed E-state index contributed by atoms with van der Waals surface area (Å²) in [6.45, 7) is 2.59. The highest BCUT2D eigenvalue weighted by Gasteiger charge is 2.29. The zero-order valence-corrected chi connectivity index (χ0v) is 16.4. The van der Waals surface area contributed by atoms with Crippen molar-refractivity contribution in [2.75, 3.05) is 11.9 Å². The van der Waals surface area contributed by atoms with Gasteiger partial charge in [0.2, 0.25) is 5.91 Å². The van der Waals surface area contributed by atoms with Gasteiger partial charge in [-0.2, -0.15) is 0 Å². The highest BCUT2D eigenvalue weighted by Crippen LogP contribution is 2.30. The van der Waals surface area contributed by atoms with Crippen molar-refractivity contribution in [2.45, 2.75) is 32.6 Å². The maximum atomic E-state index is 12.4. The standard InChI is InChI=1S/C22H25N3O4/c1-2-3-14-29-19-7-5-4-6-18(19)22(28)25-24-21(27)16-10-12-17(13-11-16)23-20(26)15-8-9-15/h4-7,10-13,15H,2-3,8-9,14H2,1H3,(H,23,26)(H,24,27)(H,25,28). The van der Waals surface area contributed by atoms with Gasteiger partial charge in [0.05, 0.1) is 12.2 Å². The van der Waals surface area contributed by atoms with Crippen molar-refractivity contribution in [3.05, 3.63) is 59.7 Å². The van der Waals surface area contributed by atoms with Crippen LogP contribution in [-0.4, -0.2) is 24.3 Å². The van der Waals surface area contributed by atoms with Crippen molar-refractivity contribution in [3.8, 4) is 5.75 Å². The number of hydrazine groups is 1. The molecule has 0 aliphatic heterocycles. The minimum absolute atomic E-state index is 0.00860. The zero-order valence-electron chi connectivity index (χ0n) is 16.4. The van der Waals surface area contributed by atoms with Crippen LogP contribution in [0.5, 0.6) is 5.75 Å². The van der Waals surface area contributed by atoms with Crippen LogP contribution in [0, 0.1) is 5.92 Å². The molecule has 0 aromatic heterocycles. The van der Waals surface area contributed by atoms with Crippen LogP contribution in [0.3, 0.4) is 0 Å². The Hall–Kier alpha value is -3.35. The van der Waals surface area contributed by atoms with Gasteiger partial charge in [0.25, 0.3) is 11.8 Å². The fourth-order valence-electron chi connectivity index (χ4n) is 2.65. The Balaban J connectivity index is 1.53. The molecule has 1 fully saturated rings. The summed E-state index contributed by atoms with van der Waals surface area (Å²) in [6, 6.07) is 13.4. The van der Waals surface area contributed by atoms with Gasteiger partial charge in [-0.25, -0.2) is 0 Å². The van der Waals surface area contributed by atoms with Crippen LogP contribution in [0.4, 0.5) is 5.69 Å². The number of amides is 3. The van der Waals surface area contributed by atoms with E-state index in [0.29, 0.717) is 29.2 Å². The Morgan fingerprint density at radius 3 is 2.34 bits per heavy atom. The van der Waals surface area contributed by atoms with Gasteiger partial charge in [-0.05, 0) is 55.7 Å². The maximum absolute atomic E-state index is 12.4. The molecule has 0 bridgehead atoms. The highest BCUT2D eigenvalue weighted by atomic mass is 16.5. The number of para-hydroxylation sites is 1. The quantitative estimate of drug-likeness (QED) is 0.472. The van der Waals surface area contributed by atoms with Crippen molar-refractivity contribution in [2.24, 2.45) is 5.92 Å². The first-order chi connectivity index (χ1) is 14.1. The predicted molar refractivity (Wildman–Crippen MR) is 110 cm³/mol. The van der Waals surface area contributed by atoms with Gasteiger partial charge in [-0.15, -0.1) is 0 Å². The van der Waals surface area contributed by atoms with E-state index in [1.54, 1.807) is 48.5 Å². The first kappa shape index (κ1) is 20.4. The van der Waals surface area contributed by atoms with E-state index in [2.05, 4.69) is 23.1 Å². The summed E-state index contributed by atoms with van der Waals surface area (Å²) in [7, 11) is 0. The maximum Gasteiger partial charge on any atom is 0.273 e. The molecule has 0 radical (unpaired) electrons. The van der Waals surface area contributed by atoms with E-state index in [1.165, 1.54) is 0 Å². The van der Waals surface area contributed by atoms with Gasteiger partial charge in [-0.3, -0.25) is 25.2 Å². The second-order valence-corrected chi connectivity index (χ2v) is 6.95. The summed E-state index contributed by atoms with van der Waals surface area (Å²) >= 11 is 0. The summed E-state index contributed by atoms with van der Waals surface area (Å²) < 4.78 is 5.65. The molecular formula is C22H25N3O4. The van der Waals surface area contributed by atoms with Crippen molar-refractivity contribution in [1.29, 1.82) is 0 Å². The summed E-state index contributed by atoms with van der Waals surface area (Å²) in [4.78, 5) is 36.5. The lowest BCUT2D eigenvalue weighted by atomic mass is 10.2. The van der Waals surface area contributed by atoms with E-state index in [9.17, 15) is 14.4 Å². The Morgan fingerprint density at radius 1 is 0.966 bits per heavy atom. The third-order valence-corrected chi connectivity index (χ3v) is 4.54. The van der Waals surface area contributed by atoms with Crippen LogP contribution in [0.15, 0.2) is 48.5 Å². The van der Waals surface area contributed by atoms with Crippen LogP contribution in [0.25, 0.3) is 0 Å². The van der Waals surface area contributed by atoms with Crippen LogP contribution in [0.1, 0.15) is 53.3 Å². The third-order valence-electron chi connectivity index (χ3n) is 4.54. The molecule has 0 saturated heterocycles. The first-order valence-electron chi connectivity index (χ1n) is 9.82. The van der Waals surface area contributed by atoms with Crippen molar-refractivity contribution in [1.82, 2.24) is 10.9 Å². The van der Waals surface area contributed by atoms with Gasteiger partial charge in [-0.1, -0.05) is 25.5 Å². The van der Waals surface area contributed by atoms with Crippen LogP contribution < -0.4 is 20.9 Å². The molecule has 2 aromatic carbocycles.